The Bertz CT molecular complexity index is 671. The van der Waals surface area contributed by atoms with Crippen LogP contribution in [-0.2, 0) is 10.0 Å². The standard InChI is InChI=1S/C13H17FN2O4S/c1-16(9-4-3-5-9)13(17)8-6-10(14)12(20-2)11(7-8)21(15,18)19/h6-7,9H,3-5H2,1-2H3,(H2,15,18,19). The van der Waals surface area contributed by atoms with Crippen LogP contribution in [0, 0.1) is 5.82 Å². The number of methoxy groups -OCH3 is 1. The lowest BCUT2D eigenvalue weighted by atomic mass is 9.91. The molecule has 0 aromatic heterocycles. The largest absolute Gasteiger partial charge is 0.492 e. The van der Waals surface area contributed by atoms with Gasteiger partial charge in [0.1, 0.15) is 4.90 Å². The molecular weight excluding hydrogens is 299 g/mol. The van der Waals surface area contributed by atoms with Gasteiger partial charge in [-0.15, -0.1) is 0 Å². The van der Waals surface area contributed by atoms with E-state index in [0.29, 0.717) is 0 Å². The molecule has 1 aliphatic rings. The number of rotatable bonds is 4. The molecule has 0 saturated heterocycles. The van der Waals surface area contributed by atoms with E-state index < -0.39 is 32.4 Å². The highest BCUT2D eigenvalue weighted by atomic mass is 32.2. The number of halogens is 1. The van der Waals surface area contributed by atoms with Gasteiger partial charge in [0.15, 0.2) is 11.6 Å². The van der Waals surface area contributed by atoms with Crippen molar-refractivity contribution in [3.8, 4) is 5.75 Å². The van der Waals surface area contributed by atoms with Crippen molar-refractivity contribution >= 4 is 15.9 Å². The zero-order valence-electron chi connectivity index (χ0n) is 11.8. The number of ether oxygens (including phenoxy) is 1. The van der Waals surface area contributed by atoms with Crippen molar-refractivity contribution in [2.45, 2.75) is 30.2 Å². The van der Waals surface area contributed by atoms with Crippen LogP contribution < -0.4 is 9.88 Å². The number of hydrogen-bond donors (Lipinski definition) is 1. The van der Waals surface area contributed by atoms with Gasteiger partial charge in [0.05, 0.1) is 7.11 Å². The Morgan fingerprint density at radius 3 is 2.48 bits per heavy atom. The van der Waals surface area contributed by atoms with Crippen molar-refractivity contribution in [2.24, 2.45) is 5.14 Å². The highest BCUT2D eigenvalue weighted by molar-refractivity contribution is 7.89. The van der Waals surface area contributed by atoms with Gasteiger partial charge < -0.3 is 9.64 Å². The number of carbonyl (C=O) groups is 1. The summed E-state index contributed by atoms with van der Waals surface area (Å²) in [7, 11) is -1.45. The third-order valence-electron chi connectivity index (χ3n) is 3.71. The number of sulfonamides is 1. The Morgan fingerprint density at radius 2 is 2.05 bits per heavy atom. The fourth-order valence-electron chi connectivity index (χ4n) is 2.24. The molecule has 2 N–H and O–H groups in total. The van der Waals surface area contributed by atoms with Gasteiger partial charge in [-0.2, -0.15) is 0 Å². The number of hydrogen-bond acceptors (Lipinski definition) is 4. The molecule has 21 heavy (non-hydrogen) atoms. The van der Waals surface area contributed by atoms with E-state index in [1.54, 1.807) is 7.05 Å². The summed E-state index contributed by atoms with van der Waals surface area (Å²) in [6.07, 6.45) is 2.83. The number of nitrogens with two attached hydrogens (primary N) is 1. The Labute approximate surface area is 122 Å². The summed E-state index contributed by atoms with van der Waals surface area (Å²) in [6.45, 7) is 0. The second-order valence-electron chi connectivity index (χ2n) is 5.04. The number of carbonyl (C=O) groups excluding carboxylic acids is 1. The highest BCUT2D eigenvalue weighted by Crippen LogP contribution is 2.30. The summed E-state index contributed by atoms with van der Waals surface area (Å²) in [5.74, 6) is -1.86. The molecule has 8 heteroatoms. The molecule has 0 atom stereocenters. The van der Waals surface area contributed by atoms with Gasteiger partial charge in [0.25, 0.3) is 5.91 Å². The minimum Gasteiger partial charge on any atom is -0.492 e. The second-order valence-corrected chi connectivity index (χ2v) is 6.57. The third kappa shape index (κ3) is 3.01. The molecule has 0 spiro atoms. The lowest BCUT2D eigenvalue weighted by molar-refractivity contribution is 0.0651. The van der Waals surface area contributed by atoms with Crippen molar-refractivity contribution in [1.82, 2.24) is 4.90 Å². The Hall–Kier alpha value is -1.67. The van der Waals surface area contributed by atoms with Gasteiger partial charge in [-0.05, 0) is 31.4 Å². The maximum atomic E-state index is 13.9. The minimum atomic E-state index is -4.20. The predicted molar refractivity (Wildman–Crippen MR) is 74.1 cm³/mol. The molecule has 6 nitrogen and oxygen atoms in total. The van der Waals surface area contributed by atoms with Crippen LogP contribution in [0.5, 0.6) is 5.75 Å². The fraction of sp³-hybridized carbons (Fsp3) is 0.462. The smallest absolute Gasteiger partial charge is 0.253 e. The summed E-state index contributed by atoms with van der Waals surface area (Å²) in [5, 5.41) is 5.04. The topological polar surface area (TPSA) is 89.7 Å². The van der Waals surface area contributed by atoms with Crippen LogP contribution in [0.2, 0.25) is 0 Å². The molecule has 1 fully saturated rings. The van der Waals surface area contributed by atoms with Crippen molar-refractivity contribution in [1.29, 1.82) is 0 Å². The van der Waals surface area contributed by atoms with E-state index in [2.05, 4.69) is 0 Å². The number of benzene rings is 1. The quantitative estimate of drug-likeness (QED) is 0.901. The first-order valence-corrected chi connectivity index (χ1v) is 7.98. The Kier molecular flexibility index (Phi) is 4.20. The number of nitrogens with zero attached hydrogens (tertiary/aromatic N) is 1. The van der Waals surface area contributed by atoms with Crippen LogP contribution in [0.1, 0.15) is 29.6 Å². The van der Waals surface area contributed by atoms with Crippen LogP contribution in [0.15, 0.2) is 17.0 Å². The van der Waals surface area contributed by atoms with Gasteiger partial charge in [-0.1, -0.05) is 0 Å². The van der Waals surface area contributed by atoms with Crippen LogP contribution in [0.4, 0.5) is 4.39 Å². The molecule has 2 rings (SSSR count). The average molecular weight is 316 g/mol. The lowest BCUT2D eigenvalue weighted by Crippen LogP contribution is -2.41. The van der Waals surface area contributed by atoms with Crippen molar-refractivity contribution in [3.63, 3.8) is 0 Å². The molecule has 1 saturated carbocycles. The molecule has 0 heterocycles. The molecule has 0 bridgehead atoms. The molecule has 0 unspecified atom stereocenters. The summed E-state index contributed by atoms with van der Waals surface area (Å²) in [4.78, 5) is 13.3. The van der Waals surface area contributed by atoms with Crippen LogP contribution >= 0.6 is 0 Å². The first kappa shape index (κ1) is 15.7. The Morgan fingerprint density at radius 1 is 1.43 bits per heavy atom. The molecule has 1 aromatic carbocycles. The molecule has 1 amide bonds. The fourth-order valence-corrected chi connectivity index (χ4v) is 2.98. The summed E-state index contributed by atoms with van der Waals surface area (Å²) < 4.78 is 41.7. The monoisotopic (exact) mass is 316 g/mol. The van der Waals surface area contributed by atoms with Crippen molar-refractivity contribution < 1.29 is 22.3 Å². The summed E-state index contributed by atoms with van der Waals surface area (Å²) in [6, 6.07) is 2.13. The Balaban J connectivity index is 2.45. The normalized spacial score (nSPS) is 15.4. The second kappa shape index (κ2) is 5.61. The minimum absolute atomic E-state index is 0.0632. The zero-order valence-corrected chi connectivity index (χ0v) is 12.6. The van der Waals surface area contributed by atoms with E-state index in [1.165, 1.54) is 4.90 Å². The van der Waals surface area contributed by atoms with Crippen molar-refractivity contribution in [2.75, 3.05) is 14.2 Å². The zero-order chi connectivity index (χ0) is 15.8. The number of primary sulfonamides is 1. The third-order valence-corrected chi connectivity index (χ3v) is 4.63. The van der Waals surface area contributed by atoms with Crippen LogP contribution in [0.25, 0.3) is 0 Å². The SMILES string of the molecule is COc1c(F)cc(C(=O)N(C)C2CCC2)cc1S(N)(=O)=O. The van der Waals surface area contributed by atoms with Gasteiger partial charge in [-0.25, -0.2) is 17.9 Å². The van der Waals surface area contributed by atoms with E-state index in [9.17, 15) is 17.6 Å². The van der Waals surface area contributed by atoms with Crippen LogP contribution in [-0.4, -0.2) is 39.4 Å². The van der Waals surface area contributed by atoms with E-state index in [1.807, 2.05) is 0 Å². The maximum Gasteiger partial charge on any atom is 0.253 e. The first-order valence-electron chi connectivity index (χ1n) is 6.43. The van der Waals surface area contributed by atoms with Gasteiger partial charge >= 0.3 is 0 Å². The molecule has 116 valence electrons. The van der Waals surface area contributed by atoms with E-state index in [-0.39, 0.29) is 11.6 Å². The molecule has 0 aliphatic heterocycles. The molecule has 1 aliphatic carbocycles. The molecule has 1 aromatic rings. The van der Waals surface area contributed by atoms with Crippen LogP contribution in [0.3, 0.4) is 0 Å². The van der Waals surface area contributed by atoms with E-state index >= 15 is 0 Å². The highest BCUT2D eigenvalue weighted by Gasteiger charge is 2.29. The number of amides is 1. The van der Waals surface area contributed by atoms with E-state index in [4.69, 9.17) is 9.88 Å². The van der Waals surface area contributed by atoms with Gasteiger partial charge in [-0.3, -0.25) is 4.79 Å². The van der Waals surface area contributed by atoms with Gasteiger partial charge in [0.2, 0.25) is 10.0 Å². The predicted octanol–water partition coefficient (Wildman–Crippen LogP) is 1.11. The average Bonchev–Trinajstić information content (AvgIpc) is 2.33. The van der Waals surface area contributed by atoms with Crippen molar-refractivity contribution in [3.05, 3.63) is 23.5 Å². The lowest BCUT2D eigenvalue weighted by Gasteiger charge is -2.34. The first-order chi connectivity index (χ1) is 9.75. The van der Waals surface area contributed by atoms with E-state index in [0.717, 1.165) is 38.5 Å². The summed E-state index contributed by atoms with van der Waals surface area (Å²) in [5.41, 5.74) is -0.0632. The summed E-state index contributed by atoms with van der Waals surface area (Å²) >= 11 is 0. The molecule has 0 radical (unpaired) electrons. The molecular formula is C13H17FN2O4S. The van der Waals surface area contributed by atoms with Gasteiger partial charge in [0, 0.05) is 18.7 Å². The maximum absolute atomic E-state index is 13.9.